The zero-order chi connectivity index (χ0) is 15.6. The number of benzene rings is 1. The molecule has 0 saturated carbocycles. The van der Waals surface area contributed by atoms with Gasteiger partial charge in [-0.05, 0) is 61.9 Å². The molecule has 1 aromatic carbocycles. The van der Waals surface area contributed by atoms with E-state index in [1.807, 2.05) is 24.3 Å². The highest BCUT2D eigenvalue weighted by atomic mass is 16.5. The SMILES string of the molecule is CCCNCC(CC)(CC)CCOc1ccc(OC)cc1. The molecule has 0 aliphatic heterocycles. The monoisotopic (exact) mass is 293 g/mol. The fourth-order valence-corrected chi connectivity index (χ4v) is 2.53. The van der Waals surface area contributed by atoms with E-state index in [0.717, 1.165) is 37.6 Å². The van der Waals surface area contributed by atoms with Crippen molar-refractivity contribution in [3.05, 3.63) is 24.3 Å². The molecule has 1 aromatic rings. The van der Waals surface area contributed by atoms with E-state index >= 15 is 0 Å². The number of rotatable bonds is 11. The lowest BCUT2D eigenvalue weighted by atomic mass is 9.79. The minimum atomic E-state index is 0.349. The minimum Gasteiger partial charge on any atom is -0.497 e. The summed E-state index contributed by atoms with van der Waals surface area (Å²) in [6.45, 7) is 9.72. The first kappa shape index (κ1) is 17.8. The van der Waals surface area contributed by atoms with Crippen molar-refractivity contribution < 1.29 is 9.47 Å². The van der Waals surface area contributed by atoms with E-state index in [4.69, 9.17) is 9.47 Å². The second-order valence-corrected chi connectivity index (χ2v) is 5.66. The van der Waals surface area contributed by atoms with Crippen LogP contribution in [0.3, 0.4) is 0 Å². The zero-order valence-corrected chi connectivity index (χ0v) is 14.1. The highest BCUT2D eigenvalue weighted by molar-refractivity contribution is 5.31. The summed E-state index contributed by atoms with van der Waals surface area (Å²) in [5.41, 5.74) is 0.349. The maximum absolute atomic E-state index is 5.89. The van der Waals surface area contributed by atoms with Gasteiger partial charge in [-0.25, -0.2) is 0 Å². The lowest BCUT2D eigenvalue weighted by molar-refractivity contribution is 0.175. The lowest BCUT2D eigenvalue weighted by Gasteiger charge is -2.32. The molecular weight excluding hydrogens is 262 g/mol. The Morgan fingerprint density at radius 2 is 1.62 bits per heavy atom. The van der Waals surface area contributed by atoms with Crippen molar-refractivity contribution >= 4 is 0 Å². The molecule has 1 rings (SSSR count). The summed E-state index contributed by atoms with van der Waals surface area (Å²) in [6.07, 6.45) is 4.65. The topological polar surface area (TPSA) is 30.5 Å². The molecule has 0 unspecified atom stereocenters. The maximum atomic E-state index is 5.89. The van der Waals surface area contributed by atoms with Crippen LogP contribution in [0.4, 0.5) is 0 Å². The molecule has 21 heavy (non-hydrogen) atoms. The van der Waals surface area contributed by atoms with Crippen molar-refractivity contribution in [1.82, 2.24) is 5.32 Å². The highest BCUT2D eigenvalue weighted by Crippen LogP contribution is 2.30. The predicted octanol–water partition coefficient (Wildman–Crippen LogP) is 4.27. The molecule has 0 atom stereocenters. The Bertz CT molecular complexity index is 371. The largest absolute Gasteiger partial charge is 0.497 e. The fraction of sp³-hybridized carbons (Fsp3) is 0.667. The van der Waals surface area contributed by atoms with Crippen LogP contribution in [0, 0.1) is 5.41 Å². The van der Waals surface area contributed by atoms with Gasteiger partial charge in [0.15, 0.2) is 0 Å². The molecule has 0 aliphatic rings. The Morgan fingerprint density at radius 1 is 1.00 bits per heavy atom. The summed E-state index contributed by atoms with van der Waals surface area (Å²) in [5.74, 6) is 1.78. The first-order valence-electron chi connectivity index (χ1n) is 8.17. The van der Waals surface area contributed by atoms with Gasteiger partial charge >= 0.3 is 0 Å². The van der Waals surface area contributed by atoms with Gasteiger partial charge in [-0.2, -0.15) is 0 Å². The van der Waals surface area contributed by atoms with Gasteiger partial charge in [0, 0.05) is 6.54 Å². The van der Waals surface area contributed by atoms with Gasteiger partial charge in [0.05, 0.1) is 13.7 Å². The Balaban J connectivity index is 2.44. The molecule has 0 spiro atoms. The quantitative estimate of drug-likeness (QED) is 0.618. The van der Waals surface area contributed by atoms with Crippen LogP contribution in [-0.2, 0) is 0 Å². The summed E-state index contributed by atoms with van der Waals surface area (Å²) in [5, 5.41) is 3.57. The van der Waals surface area contributed by atoms with Crippen LogP contribution in [0.25, 0.3) is 0 Å². The van der Waals surface area contributed by atoms with E-state index in [-0.39, 0.29) is 0 Å². The second kappa shape index (κ2) is 9.67. The number of methoxy groups -OCH3 is 1. The summed E-state index contributed by atoms with van der Waals surface area (Å²) in [4.78, 5) is 0. The number of nitrogens with one attached hydrogen (secondary N) is 1. The number of hydrogen-bond donors (Lipinski definition) is 1. The van der Waals surface area contributed by atoms with Gasteiger partial charge in [-0.3, -0.25) is 0 Å². The molecule has 0 bridgehead atoms. The van der Waals surface area contributed by atoms with Crippen LogP contribution in [0.2, 0.25) is 0 Å². The Morgan fingerprint density at radius 3 is 2.14 bits per heavy atom. The second-order valence-electron chi connectivity index (χ2n) is 5.66. The molecule has 0 heterocycles. The van der Waals surface area contributed by atoms with Gasteiger partial charge in [-0.15, -0.1) is 0 Å². The van der Waals surface area contributed by atoms with Gasteiger partial charge in [0.25, 0.3) is 0 Å². The smallest absolute Gasteiger partial charge is 0.119 e. The van der Waals surface area contributed by atoms with Crippen LogP contribution in [0.1, 0.15) is 46.5 Å². The number of hydrogen-bond acceptors (Lipinski definition) is 3. The van der Waals surface area contributed by atoms with Crippen molar-refractivity contribution in [1.29, 1.82) is 0 Å². The van der Waals surface area contributed by atoms with Crippen LogP contribution in [0.15, 0.2) is 24.3 Å². The first-order valence-corrected chi connectivity index (χ1v) is 8.17. The average Bonchev–Trinajstić information content (AvgIpc) is 2.54. The van der Waals surface area contributed by atoms with E-state index in [9.17, 15) is 0 Å². The zero-order valence-electron chi connectivity index (χ0n) is 14.1. The first-order chi connectivity index (χ1) is 10.2. The lowest BCUT2D eigenvalue weighted by Crippen LogP contribution is -2.35. The Kier molecular flexibility index (Phi) is 8.21. The third-order valence-corrected chi connectivity index (χ3v) is 4.39. The predicted molar refractivity (Wildman–Crippen MR) is 89.3 cm³/mol. The fourth-order valence-electron chi connectivity index (χ4n) is 2.53. The molecule has 1 N–H and O–H groups in total. The van der Waals surface area contributed by atoms with Crippen LogP contribution in [0.5, 0.6) is 11.5 Å². The van der Waals surface area contributed by atoms with Gasteiger partial charge in [0.1, 0.15) is 11.5 Å². The van der Waals surface area contributed by atoms with Crippen molar-refractivity contribution in [3.63, 3.8) is 0 Å². The van der Waals surface area contributed by atoms with E-state index in [2.05, 4.69) is 26.1 Å². The Hall–Kier alpha value is -1.22. The minimum absolute atomic E-state index is 0.349. The van der Waals surface area contributed by atoms with Gasteiger partial charge in [-0.1, -0.05) is 20.8 Å². The summed E-state index contributed by atoms with van der Waals surface area (Å²) in [7, 11) is 1.68. The Labute approximate surface area is 130 Å². The summed E-state index contributed by atoms with van der Waals surface area (Å²) < 4.78 is 11.0. The van der Waals surface area contributed by atoms with Crippen molar-refractivity contribution in [2.45, 2.75) is 46.5 Å². The maximum Gasteiger partial charge on any atom is 0.119 e. The van der Waals surface area contributed by atoms with Gasteiger partial charge in [0.2, 0.25) is 0 Å². The normalized spacial score (nSPS) is 11.4. The molecule has 0 aromatic heterocycles. The molecule has 0 radical (unpaired) electrons. The molecular formula is C18H31NO2. The van der Waals surface area contributed by atoms with Crippen LogP contribution < -0.4 is 14.8 Å². The number of ether oxygens (including phenoxy) is 2. The third-order valence-electron chi connectivity index (χ3n) is 4.39. The van der Waals surface area contributed by atoms with Crippen molar-refractivity contribution in [2.75, 3.05) is 26.8 Å². The molecule has 0 aliphatic carbocycles. The van der Waals surface area contributed by atoms with Gasteiger partial charge < -0.3 is 14.8 Å². The molecule has 0 saturated heterocycles. The standard InChI is InChI=1S/C18H31NO2/c1-5-13-19-15-18(6-2,7-3)12-14-21-17-10-8-16(20-4)9-11-17/h8-11,19H,5-7,12-15H2,1-4H3. The summed E-state index contributed by atoms with van der Waals surface area (Å²) in [6, 6.07) is 7.80. The van der Waals surface area contributed by atoms with Crippen molar-refractivity contribution in [3.8, 4) is 11.5 Å². The molecule has 0 amide bonds. The van der Waals surface area contributed by atoms with Crippen LogP contribution in [-0.4, -0.2) is 26.8 Å². The molecule has 3 heteroatoms. The molecule has 3 nitrogen and oxygen atoms in total. The summed E-state index contributed by atoms with van der Waals surface area (Å²) >= 11 is 0. The third kappa shape index (κ3) is 5.96. The average molecular weight is 293 g/mol. The van der Waals surface area contributed by atoms with E-state index in [0.29, 0.717) is 5.41 Å². The van der Waals surface area contributed by atoms with E-state index < -0.39 is 0 Å². The van der Waals surface area contributed by atoms with E-state index in [1.165, 1.54) is 19.3 Å². The van der Waals surface area contributed by atoms with E-state index in [1.54, 1.807) is 7.11 Å². The highest BCUT2D eigenvalue weighted by Gasteiger charge is 2.25. The van der Waals surface area contributed by atoms with Crippen molar-refractivity contribution in [2.24, 2.45) is 5.41 Å². The molecule has 120 valence electrons. The van der Waals surface area contributed by atoms with Crippen LogP contribution >= 0.6 is 0 Å². The molecule has 0 fully saturated rings.